The summed E-state index contributed by atoms with van der Waals surface area (Å²) in [4.78, 5) is 19.9. The van der Waals surface area contributed by atoms with Gasteiger partial charge in [-0.1, -0.05) is 13.8 Å². The normalized spacial score (nSPS) is 25.5. The lowest BCUT2D eigenvalue weighted by atomic mass is 10.0. The molecule has 2 saturated heterocycles. The van der Waals surface area contributed by atoms with E-state index >= 15 is 0 Å². The molecular weight excluding hydrogens is 360 g/mol. The number of aromatic nitrogens is 1. The second-order valence-electron chi connectivity index (χ2n) is 8.20. The zero-order valence-electron chi connectivity index (χ0n) is 16.7. The lowest BCUT2D eigenvalue weighted by Crippen LogP contribution is -2.47. The summed E-state index contributed by atoms with van der Waals surface area (Å²) in [5, 5.41) is 6.42. The van der Waals surface area contributed by atoms with Crippen LogP contribution in [0, 0.1) is 5.92 Å². The van der Waals surface area contributed by atoms with Crippen LogP contribution in [0.25, 0.3) is 0 Å². The zero-order valence-corrected chi connectivity index (χ0v) is 17.5. The number of hydrogen-bond donors (Lipinski definition) is 2. The number of thiazole rings is 1. The van der Waals surface area contributed by atoms with Crippen LogP contribution in [0.1, 0.15) is 56.2 Å². The maximum atomic E-state index is 12.8. The Hall–Kier alpha value is -1.02. The van der Waals surface area contributed by atoms with Crippen LogP contribution in [0.15, 0.2) is 5.38 Å². The molecule has 2 aliphatic rings. The Morgan fingerprint density at radius 2 is 2.11 bits per heavy atom. The average Bonchev–Trinajstić information content (AvgIpc) is 3.05. The highest BCUT2D eigenvalue weighted by Gasteiger charge is 2.31. The van der Waals surface area contributed by atoms with Crippen molar-refractivity contribution in [3.05, 3.63) is 16.1 Å². The molecule has 27 heavy (non-hydrogen) atoms. The van der Waals surface area contributed by atoms with Crippen molar-refractivity contribution in [2.75, 3.05) is 32.8 Å². The molecule has 3 N–H and O–H groups in total. The molecule has 0 bridgehead atoms. The van der Waals surface area contributed by atoms with Crippen molar-refractivity contribution in [1.82, 2.24) is 15.2 Å². The maximum Gasteiger partial charge on any atom is 0.224 e. The van der Waals surface area contributed by atoms with E-state index in [0.717, 1.165) is 64.1 Å². The predicted molar refractivity (Wildman–Crippen MR) is 109 cm³/mol. The van der Waals surface area contributed by atoms with Gasteiger partial charge in [-0.2, -0.15) is 0 Å². The molecule has 1 aromatic rings. The maximum absolute atomic E-state index is 12.8. The summed E-state index contributed by atoms with van der Waals surface area (Å²) in [5.74, 6) is 0.660. The van der Waals surface area contributed by atoms with E-state index in [4.69, 9.17) is 10.5 Å². The number of nitrogens with two attached hydrogens (primary N) is 1. The lowest BCUT2D eigenvalue weighted by Gasteiger charge is -2.35. The molecule has 0 unspecified atom stereocenters. The molecule has 7 heteroatoms. The second-order valence-corrected chi connectivity index (χ2v) is 9.09. The number of carbonyl (C=O) groups is 1. The SMILES string of the molecule is CC(C)c1nc(CCNC(=O)[C@@H]2CC[C@H](N)CN(C3CCOCC3)C2)cs1. The molecule has 0 spiro atoms. The molecule has 2 aliphatic heterocycles. The molecule has 1 amide bonds. The van der Waals surface area contributed by atoms with Gasteiger partial charge < -0.3 is 15.8 Å². The first-order chi connectivity index (χ1) is 13.0. The highest BCUT2D eigenvalue weighted by Crippen LogP contribution is 2.23. The summed E-state index contributed by atoms with van der Waals surface area (Å²) in [6, 6.07) is 0.665. The zero-order chi connectivity index (χ0) is 19.2. The third kappa shape index (κ3) is 5.98. The number of nitrogens with zero attached hydrogens (tertiary/aromatic N) is 2. The van der Waals surface area contributed by atoms with Crippen LogP contribution in [-0.2, 0) is 16.0 Å². The Balaban J connectivity index is 1.49. The van der Waals surface area contributed by atoms with Crippen LogP contribution in [0.3, 0.4) is 0 Å². The predicted octanol–water partition coefficient (Wildman–Crippen LogP) is 2.14. The number of nitrogens with one attached hydrogen (secondary N) is 1. The smallest absolute Gasteiger partial charge is 0.224 e. The molecular formula is C20H34N4O2S. The van der Waals surface area contributed by atoms with Crippen molar-refractivity contribution in [3.63, 3.8) is 0 Å². The number of amides is 1. The Labute approximate surface area is 166 Å². The summed E-state index contributed by atoms with van der Waals surface area (Å²) in [6.45, 7) is 8.32. The number of rotatable bonds is 6. The summed E-state index contributed by atoms with van der Waals surface area (Å²) < 4.78 is 5.49. The average molecular weight is 395 g/mol. The Kier molecular flexibility index (Phi) is 7.64. The van der Waals surface area contributed by atoms with Gasteiger partial charge in [0.15, 0.2) is 0 Å². The molecule has 2 fully saturated rings. The van der Waals surface area contributed by atoms with E-state index in [1.165, 1.54) is 5.01 Å². The molecule has 3 heterocycles. The standard InChI is InChI=1S/C20H34N4O2S/c1-14(2)20-23-17(13-27-20)5-8-22-19(25)15-3-4-16(21)12-24(11-15)18-6-9-26-10-7-18/h13-16,18H,3-12,21H2,1-2H3,(H,22,25)/t15-,16+/m1/s1. The molecule has 0 aliphatic carbocycles. The van der Waals surface area contributed by atoms with Gasteiger partial charge in [-0.3, -0.25) is 9.69 Å². The van der Waals surface area contributed by atoms with Gasteiger partial charge in [0.1, 0.15) is 0 Å². The largest absolute Gasteiger partial charge is 0.381 e. The fourth-order valence-electron chi connectivity index (χ4n) is 3.98. The van der Waals surface area contributed by atoms with Crippen molar-refractivity contribution in [2.45, 2.75) is 64.0 Å². The Bertz CT molecular complexity index is 601. The highest BCUT2D eigenvalue weighted by atomic mass is 32.1. The quantitative estimate of drug-likeness (QED) is 0.773. The van der Waals surface area contributed by atoms with Gasteiger partial charge >= 0.3 is 0 Å². The molecule has 6 nitrogen and oxygen atoms in total. The molecule has 3 rings (SSSR count). The van der Waals surface area contributed by atoms with Gasteiger partial charge in [-0.05, 0) is 25.7 Å². The van der Waals surface area contributed by atoms with Gasteiger partial charge in [0, 0.05) is 62.7 Å². The van der Waals surface area contributed by atoms with E-state index in [1.807, 2.05) is 0 Å². The van der Waals surface area contributed by atoms with E-state index in [0.29, 0.717) is 18.5 Å². The van der Waals surface area contributed by atoms with E-state index in [1.54, 1.807) is 11.3 Å². The van der Waals surface area contributed by atoms with E-state index in [9.17, 15) is 4.79 Å². The molecule has 1 aromatic heterocycles. The van der Waals surface area contributed by atoms with Gasteiger partial charge in [-0.15, -0.1) is 11.3 Å². The molecule has 0 saturated carbocycles. The third-order valence-corrected chi connectivity index (χ3v) is 6.83. The van der Waals surface area contributed by atoms with Crippen LogP contribution in [0.2, 0.25) is 0 Å². The fourth-order valence-corrected chi connectivity index (χ4v) is 4.85. The molecule has 152 valence electrons. The van der Waals surface area contributed by atoms with Gasteiger partial charge in [0.2, 0.25) is 5.91 Å². The molecule has 0 aromatic carbocycles. The van der Waals surface area contributed by atoms with Crippen LogP contribution < -0.4 is 11.1 Å². The first kappa shape index (κ1) is 20.7. The van der Waals surface area contributed by atoms with E-state index in [-0.39, 0.29) is 17.9 Å². The fraction of sp³-hybridized carbons (Fsp3) is 0.800. The van der Waals surface area contributed by atoms with E-state index in [2.05, 4.69) is 34.4 Å². The minimum Gasteiger partial charge on any atom is -0.381 e. The minimum atomic E-state index is 0.0306. The lowest BCUT2D eigenvalue weighted by molar-refractivity contribution is -0.125. The first-order valence-electron chi connectivity index (χ1n) is 10.3. The molecule has 2 atom stereocenters. The summed E-state index contributed by atoms with van der Waals surface area (Å²) in [5.41, 5.74) is 7.36. The number of likely N-dealkylation sites (tertiary alicyclic amines) is 1. The van der Waals surface area contributed by atoms with Crippen molar-refractivity contribution in [2.24, 2.45) is 11.7 Å². The van der Waals surface area contributed by atoms with Gasteiger partial charge in [-0.25, -0.2) is 4.98 Å². The Morgan fingerprint density at radius 3 is 2.81 bits per heavy atom. The van der Waals surface area contributed by atoms with Crippen LogP contribution in [0.5, 0.6) is 0 Å². The second kappa shape index (κ2) is 9.96. The number of carbonyl (C=O) groups excluding carboxylic acids is 1. The number of ether oxygens (including phenoxy) is 1. The monoisotopic (exact) mass is 394 g/mol. The topological polar surface area (TPSA) is 80.5 Å². The summed E-state index contributed by atoms with van der Waals surface area (Å²) in [6.07, 6.45) is 4.68. The Morgan fingerprint density at radius 1 is 1.33 bits per heavy atom. The van der Waals surface area contributed by atoms with E-state index < -0.39 is 0 Å². The van der Waals surface area contributed by atoms with Crippen molar-refractivity contribution < 1.29 is 9.53 Å². The van der Waals surface area contributed by atoms with Gasteiger partial charge in [0.25, 0.3) is 0 Å². The summed E-state index contributed by atoms with van der Waals surface area (Å²) >= 11 is 1.71. The summed E-state index contributed by atoms with van der Waals surface area (Å²) in [7, 11) is 0. The number of hydrogen-bond acceptors (Lipinski definition) is 6. The van der Waals surface area contributed by atoms with Crippen molar-refractivity contribution in [1.29, 1.82) is 0 Å². The van der Waals surface area contributed by atoms with Crippen LogP contribution in [-0.4, -0.2) is 60.7 Å². The minimum absolute atomic E-state index is 0.0306. The highest BCUT2D eigenvalue weighted by molar-refractivity contribution is 7.09. The van der Waals surface area contributed by atoms with Crippen molar-refractivity contribution >= 4 is 17.2 Å². The van der Waals surface area contributed by atoms with Crippen LogP contribution in [0.4, 0.5) is 0 Å². The van der Waals surface area contributed by atoms with Gasteiger partial charge in [0.05, 0.1) is 16.6 Å². The third-order valence-electron chi connectivity index (χ3n) is 5.63. The molecule has 0 radical (unpaired) electrons. The van der Waals surface area contributed by atoms with Crippen molar-refractivity contribution in [3.8, 4) is 0 Å². The van der Waals surface area contributed by atoms with Crippen LogP contribution >= 0.6 is 11.3 Å². The first-order valence-corrected chi connectivity index (χ1v) is 11.2.